The van der Waals surface area contributed by atoms with Crippen molar-refractivity contribution in [1.82, 2.24) is 0 Å². The van der Waals surface area contributed by atoms with Gasteiger partial charge in [0, 0.05) is 0 Å². The van der Waals surface area contributed by atoms with Gasteiger partial charge in [-0.3, -0.25) is 0 Å². The maximum atomic E-state index is 11.5. The Hall–Kier alpha value is -3.88. The Morgan fingerprint density at radius 1 is 0.488 bits per heavy atom. The predicted molar refractivity (Wildman–Crippen MR) is 173 cm³/mol. The van der Waals surface area contributed by atoms with Crippen LogP contribution < -0.4 is 8.92 Å². The van der Waals surface area contributed by atoms with E-state index < -0.39 is 15.0 Å². The quantitative estimate of drug-likeness (QED) is 0.132. The zero-order valence-corrected chi connectivity index (χ0v) is 26.1. The average Bonchev–Trinajstić information content (AvgIpc) is 2.99. The van der Waals surface area contributed by atoms with Crippen molar-refractivity contribution in [1.29, 1.82) is 0 Å². The Balaban J connectivity index is 1.47. The molecule has 200 valence electrons. The molecule has 6 rings (SSSR count). The SMILES string of the molecule is Oc1c(N=Nc2ccc(Br)cc2)cc2ccccc2c1[Se]c1c(O)c(N=Nc2ccc(Br)cc2)cc2ccccc12. The fourth-order valence-corrected chi connectivity index (χ4v) is 7.32. The van der Waals surface area contributed by atoms with Gasteiger partial charge >= 0.3 is 260 Å². The molecular weight excluding hydrogens is 711 g/mol. The first-order valence-corrected chi connectivity index (χ1v) is 15.8. The number of hydrogen-bond acceptors (Lipinski definition) is 6. The maximum absolute atomic E-state index is 11.5. The van der Waals surface area contributed by atoms with Gasteiger partial charge in [-0.25, -0.2) is 0 Å². The standard InChI is InChI=1S/C32H20Br2N4O2Se/c33-21-9-13-23(14-10-21)35-37-27-17-19-5-1-3-7-25(19)31(29(27)39)41-32-26-8-4-2-6-20(26)18-28(30(32)40)38-36-24-15-11-22(34)12-16-24/h1-18,39-40H. The molecule has 0 aliphatic rings. The molecule has 6 aromatic carbocycles. The van der Waals surface area contributed by atoms with Gasteiger partial charge in [0.15, 0.2) is 0 Å². The monoisotopic (exact) mass is 730 g/mol. The van der Waals surface area contributed by atoms with Crippen LogP contribution in [0, 0.1) is 0 Å². The molecule has 0 spiro atoms. The summed E-state index contributed by atoms with van der Waals surface area (Å²) >= 11 is 6.33. The molecule has 0 amide bonds. The number of phenolic OH excluding ortho intramolecular Hbond substituents is 2. The van der Waals surface area contributed by atoms with Gasteiger partial charge in [-0.1, -0.05) is 0 Å². The number of phenols is 2. The van der Waals surface area contributed by atoms with Crippen molar-refractivity contribution in [3.63, 3.8) is 0 Å². The minimum atomic E-state index is -0.528. The number of benzene rings is 6. The van der Waals surface area contributed by atoms with Crippen molar-refractivity contribution in [2.45, 2.75) is 0 Å². The number of fused-ring (bicyclic) bond motifs is 2. The van der Waals surface area contributed by atoms with Crippen LogP contribution in [-0.4, -0.2) is 25.2 Å². The molecule has 41 heavy (non-hydrogen) atoms. The summed E-state index contributed by atoms with van der Waals surface area (Å²) in [5, 5.41) is 44.1. The summed E-state index contributed by atoms with van der Waals surface area (Å²) in [6.07, 6.45) is 0. The zero-order valence-electron chi connectivity index (χ0n) is 21.2. The molecule has 0 radical (unpaired) electrons. The van der Waals surface area contributed by atoms with Gasteiger partial charge in [0.05, 0.1) is 0 Å². The summed E-state index contributed by atoms with van der Waals surface area (Å²) in [4.78, 5) is 0. The second-order valence-corrected chi connectivity index (χ2v) is 13.0. The van der Waals surface area contributed by atoms with E-state index in [2.05, 4.69) is 52.3 Å². The summed E-state index contributed by atoms with van der Waals surface area (Å²) in [5.41, 5.74) is 2.05. The summed E-state index contributed by atoms with van der Waals surface area (Å²) in [6.45, 7) is 0. The van der Waals surface area contributed by atoms with Gasteiger partial charge in [-0.05, 0) is 0 Å². The Labute approximate surface area is 258 Å². The van der Waals surface area contributed by atoms with Crippen LogP contribution in [0.5, 0.6) is 11.5 Å². The van der Waals surface area contributed by atoms with Crippen LogP contribution in [0.15, 0.2) is 139 Å². The van der Waals surface area contributed by atoms with Crippen molar-refractivity contribution in [2.75, 3.05) is 0 Å². The number of halogens is 2. The van der Waals surface area contributed by atoms with Crippen LogP contribution in [0.2, 0.25) is 0 Å². The Morgan fingerprint density at radius 3 is 1.29 bits per heavy atom. The molecule has 0 bridgehead atoms. The number of hydrogen-bond donors (Lipinski definition) is 2. The van der Waals surface area contributed by atoms with Gasteiger partial charge in [0.1, 0.15) is 0 Å². The summed E-state index contributed by atoms with van der Waals surface area (Å²) in [6, 6.07) is 34.2. The first-order chi connectivity index (χ1) is 20.0. The fraction of sp³-hybridized carbons (Fsp3) is 0. The molecule has 0 aromatic heterocycles. The second kappa shape index (κ2) is 11.9. The molecule has 0 saturated carbocycles. The van der Waals surface area contributed by atoms with E-state index in [9.17, 15) is 10.2 Å². The third-order valence-corrected chi connectivity index (χ3v) is 9.96. The first kappa shape index (κ1) is 27.3. The summed E-state index contributed by atoms with van der Waals surface area (Å²) < 4.78 is 3.28. The molecule has 0 aliphatic carbocycles. The molecule has 0 atom stereocenters. The zero-order chi connectivity index (χ0) is 28.3. The number of rotatable bonds is 6. The van der Waals surface area contributed by atoms with Crippen LogP contribution in [0.25, 0.3) is 21.5 Å². The van der Waals surface area contributed by atoms with E-state index in [4.69, 9.17) is 0 Å². The van der Waals surface area contributed by atoms with E-state index in [0.717, 1.165) is 30.5 Å². The van der Waals surface area contributed by atoms with Crippen molar-refractivity contribution < 1.29 is 10.2 Å². The van der Waals surface area contributed by atoms with Crippen LogP contribution in [0.4, 0.5) is 22.7 Å². The topological polar surface area (TPSA) is 89.9 Å². The number of nitrogens with zero attached hydrogens (tertiary/aromatic N) is 4. The Kier molecular flexibility index (Phi) is 7.94. The van der Waals surface area contributed by atoms with E-state index in [1.807, 2.05) is 109 Å². The molecule has 0 heterocycles. The van der Waals surface area contributed by atoms with E-state index in [1.54, 1.807) is 0 Å². The van der Waals surface area contributed by atoms with Crippen LogP contribution in [0.1, 0.15) is 0 Å². The van der Waals surface area contributed by atoms with E-state index in [1.165, 1.54) is 0 Å². The van der Waals surface area contributed by atoms with Crippen molar-refractivity contribution in [2.24, 2.45) is 20.5 Å². The third-order valence-electron chi connectivity index (χ3n) is 6.31. The van der Waals surface area contributed by atoms with Crippen molar-refractivity contribution in [3.8, 4) is 11.5 Å². The summed E-state index contributed by atoms with van der Waals surface area (Å²) in [5.74, 6) is 0.0740. The Bertz CT molecular complexity index is 1820. The van der Waals surface area contributed by atoms with Gasteiger partial charge in [-0.2, -0.15) is 0 Å². The van der Waals surface area contributed by atoms with E-state index in [0.29, 0.717) is 31.7 Å². The van der Waals surface area contributed by atoms with Crippen molar-refractivity contribution >= 4 is 100 Å². The van der Waals surface area contributed by atoms with Crippen molar-refractivity contribution in [3.05, 3.63) is 118 Å². The van der Waals surface area contributed by atoms with Gasteiger partial charge < -0.3 is 0 Å². The molecule has 0 unspecified atom stereocenters. The van der Waals surface area contributed by atoms with Gasteiger partial charge in [0.2, 0.25) is 0 Å². The molecular formula is C32H20Br2N4O2Se. The molecule has 6 nitrogen and oxygen atoms in total. The molecule has 0 aliphatic heterocycles. The molecule has 2 N–H and O–H groups in total. The Morgan fingerprint density at radius 2 is 0.878 bits per heavy atom. The second-order valence-electron chi connectivity index (χ2n) is 9.04. The molecule has 0 saturated heterocycles. The summed E-state index contributed by atoms with van der Waals surface area (Å²) in [7, 11) is 0. The average molecular weight is 731 g/mol. The van der Waals surface area contributed by atoms with Crippen LogP contribution in [0.3, 0.4) is 0 Å². The number of azo groups is 2. The first-order valence-electron chi connectivity index (χ1n) is 12.5. The predicted octanol–water partition coefficient (Wildman–Crippen LogP) is 9.41. The van der Waals surface area contributed by atoms with Crippen LogP contribution >= 0.6 is 31.9 Å². The molecule has 9 heteroatoms. The molecule has 0 fully saturated rings. The van der Waals surface area contributed by atoms with Gasteiger partial charge in [0.25, 0.3) is 0 Å². The fourth-order valence-electron chi connectivity index (χ4n) is 4.28. The van der Waals surface area contributed by atoms with Crippen LogP contribution in [-0.2, 0) is 0 Å². The number of aromatic hydroxyl groups is 2. The molecule has 6 aromatic rings. The normalized spacial score (nSPS) is 11.8. The van der Waals surface area contributed by atoms with E-state index in [-0.39, 0.29) is 11.5 Å². The van der Waals surface area contributed by atoms with E-state index >= 15 is 0 Å². The van der Waals surface area contributed by atoms with Gasteiger partial charge in [-0.15, -0.1) is 0 Å². The minimum absolute atomic E-state index is 0.0370. The third kappa shape index (κ3) is 5.94.